The summed E-state index contributed by atoms with van der Waals surface area (Å²) in [6, 6.07) is 0. The van der Waals surface area contributed by atoms with E-state index in [-0.39, 0.29) is 0 Å². The van der Waals surface area contributed by atoms with Gasteiger partial charge in [-0.05, 0) is 108 Å². The zero-order chi connectivity index (χ0) is 19.6. The fourth-order valence-electron chi connectivity index (χ4n) is 0.771. The number of unbranched alkanes of at least 4 members (excludes halogenated alkanes) is 1. The van der Waals surface area contributed by atoms with Crippen LogP contribution in [0.4, 0.5) is 0 Å². The molecule has 0 aromatic heterocycles. The molecule has 0 nitrogen and oxygen atoms in total. The van der Waals surface area contributed by atoms with Gasteiger partial charge in [0.15, 0.2) is 0 Å². The van der Waals surface area contributed by atoms with Gasteiger partial charge in [-0.25, -0.2) is 0 Å². The summed E-state index contributed by atoms with van der Waals surface area (Å²) >= 11 is 0. The maximum atomic E-state index is 4.90. The lowest BCUT2D eigenvalue weighted by Crippen LogP contribution is -1.56. The largest absolute Gasteiger partial charge is 0.106 e. The number of hydrogen-bond acceptors (Lipinski definition) is 0. The molecule has 0 aliphatic heterocycles. The van der Waals surface area contributed by atoms with E-state index < -0.39 is 0 Å². The second kappa shape index (κ2) is 25.3. The molecule has 0 saturated carbocycles. The van der Waals surface area contributed by atoms with Crippen molar-refractivity contribution >= 4 is 0 Å². The Hall–Kier alpha value is -4.66. The van der Waals surface area contributed by atoms with Crippen LogP contribution in [0.5, 0.6) is 0 Å². The van der Waals surface area contributed by atoms with Crippen molar-refractivity contribution in [2.45, 2.75) is 26.7 Å². The van der Waals surface area contributed by atoms with E-state index in [1.165, 1.54) is 6.42 Å². The SMILES string of the molecule is C#CC#CC#CC#CC#CC#CC#CC#CC#CC#CC.C=CCCC. The average Bonchev–Trinajstić information content (AvgIpc) is 2.65. The zero-order valence-electron chi connectivity index (χ0n) is 14.8. The summed E-state index contributed by atoms with van der Waals surface area (Å²) in [5.41, 5.74) is 0. The topological polar surface area (TPSA) is 0 Å². The van der Waals surface area contributed by atoms with Gasteiger partial charge >= 0.3 is 0 Å². The van der Waals surface area contributed by atoms with Crippen LogP contribution in [-0.4, -0.2) is 0 Å². The van der Waals surface area contributed by atoms with E-state index in [1.807, 2.05) is 6.08 Å². The summed E-state index contributed by atoms with van der Waals surface area (Å²) in [7, 11) is 0. The Kier molecular flexibility index (Phi) is 23.0. The summed E-state index contributed by atoms with van der Waals surface area (Å²) < 4.78 is 0. The molecule has 0 aliphatic carbocycles. The van der Waals surface area contributed by atoms with Crippen molar-refractivity contribution < 1.29 is 0 Å². The van der Waals surface area contributed by atoms with Crippen LogP contribution in [-0.2, 0) is 0 Å². The molecule has 0 fully saturated rings. The van der Waals surface area contributed by atoms with Crippen molar-refractivity contribution in [3.8, 4) is 119 Å². The van der Waals surface area contributed by atoms with Crippen LogP contribution < -0.4 is 0 Å². The van der Waals surface area contributed by atoms with E-state index in [0.717, 1.165) is 6.42 Å². The summed E-state index contributed by atoms with van der Waals surface area (Å²) in [6.07, 6.45) is 9.21. The molecule has 0 unspecified atom stereocenters. The molecule has 0 atom stereocenters. The van der Waals surface area contributed by atoms with Crippen LogP contribution in [0.25, 0.3) is 0 Å². The molecule has 0 aromatic rings. The third kappa shape index (κ3) is 27.6. The maximum Gasteiger partial charge on any atom is 0 e. The van der Waals surface area contributed by atoms with Crippen LogP contribution >= 0.6 is 0 Å². The van der Waals surface area contributed by atoms with Gasteiger partial charge in [0.2, 0.25) is 0 Å². The fraction of sp³-hybridized carbons (Fsp3) is 0.154. The van der Waals surface area contributed by atoms with Gasteiger partial charge in [0.1, 0.15) is 0 Å². The lowest BCUT2D eigenvalue weighted by atomic mass is 10.3. The quantitative estimate of drug-likeness (QED) is 0.541. The Bertz CT molecular complexity index is 1060. The second-order valence-corrected chi connectivity index (χ2v) is 3.60. The molecule has 0 aliphatic rings. The van der Waals surface area contributed by atoms with Crippen molar-refractivity contribution in [3.63, 3.8) is 0 Å². The Morgan fingerprint density at radius 2 is 0.923 bits per heavy atom. The lowest BCUT2D eigenvalue weighted by Gasteiger charge is -1.72. The molecule has 0 aromatic carbocycles. The monoisotopic (exact) mass is 326 g/mol. The summed E-state index contributed by atoms with van der Waals surface area (Å²) in [5.74, 6) is 46.9. The molecular formula is C26H14. The van der Waals surface area contributed by atoms with Crippen LogP contribution in [0.3, 0.4) is 0 Å². The highest BCUT2D eigenvalue weighted by atomic mass is 13.7. The van der Waals surface area contributed by atoms with Crippen molar-refractivity contribution in [1.29, 1.82) is 0 Å². The summed E-state index contributed by atoms with van der Waals surface area (Å²) in [6.45, 7) is 7.39. The van der Waals surface area contributed by atoms with Crippen LogP contribution in [0.2, 0.25) is 0 Å². The molecule has 0 radical (unpaired) electrons. The standard InChI is InChI=1S/C21H4.C5H10/c1-3-5-7-9-11-13-15-17-19-21-20-18-16-14-12-10-8-6-4-2;1-3-5-4-2/h1H,2H3;3H,1,4-5H2,2H3. The molecule has 0 heteroatoms. The fourth-order valence-corrected chi connectivity index (χ4v) is 0.771. The van der Waals surface area contributed by atoms with Gasteiger partial charge in [-0.3, -0.25) is 0 Å². The highest BCUT2D eigenvalue weighted by Crippen LogP contribution is 1.82. The highest BCUT2D eigenvalue weighted by Gasteiger charge is 1.61. The van der Waals surface area contributed by atoms with Gasteiger partial charge in [0, 0.05) is 11.8 Å². The van der Waals surface area contributed by atoms with Gasteiger partial charge in [-0.2, -0.15) is 0 Å². The molecule has 26 heavy (non-hydrogen) atoms. The van der Waals surface area contributed by atoms with E-state index in [2.05, 4.69) is 126 Å². The maximum absolute atomic E-state index is 4.90. The third-order valence-electron chi connectivity index (χ3n) is 1.69. The average molecular weight is 326 g/mol. The predicted octanol–water partition coefficient (Wildman–Crippen LogP) is 2.64. The molecule has 0 bridgehead atoms. The first-order chi connectivity index (χ1) is 12.8. The van der Waals surface area contributed by atoms with Gasteiger partial charge in [-0.1, -0.05) is 25.3 Å². The lowest BCUT2D eigenvalue weighted by molar-refractivity contribution is 0.961. The Morgan fingerprint density at radius 3 is 1.12 bits per heavy atom. The molecule has 0 spiro atoms. The first kappa shape index (κ1) is 23.6. The smallest absolute Gasteiger partial charge is 0 e. The summed E-state index contributed by atoms with van der Waals surface area (Å²) in [5, 5.41) is 0. The molecule has 0 amide bonds. The van der Waals surface area contributed by atoms with Crippen LogP contribution in [0.15, 0.2) is 12.7 Å². The zero-order valence-corrected chi connectivity index (χ0v) is 14.8. The minimum Gasteiger partial charge on any atom is -0.106 e. The van der Waals surface area contributed by atoms with E-state index in [4.69, 9.17) is 6.42 Å². The molecule has 0 saturated heterocycles. The second-order valence-electron chi connectivity index (χ2n) is 3.60. The van der Waals surface area contributed by atoms with E-state index in [1.54, 1.807) is 6.92 Å². The number of hydrogen-bond donors (Lipinski definition) is 0. The Labute approximate surface area is 158 Å². The molecular weight excluding hydrogens is 312 g/mol. The third-order valence-corrected chi connectivity index (χ3v) is 1.69. The minimum atomic E-state index is 1.15. The van der Waals surface area contributed by atoms with E-state index >= 15 is 0 Å². The van der Waals surface area contributed by atoms with Crippen molar-refractivity contribution in [2.24, 2.45) is 0 Å². The first-order valence-corrected chi connectivity index (χ1v) is 7.31. The van der Waals surface area contributed by atoms with E-state index in [9.17, 15) is 0 Å². The van der Waals surface area contributed by atoms with Gasteiger partial charge in [0.25, 0.3) is 0 Å². The number of allylic oxidation sites excluding steroid dienone is 1. The Morgan fingerprint density at radius 1 is 0.615 bits per heavy atom. The Balaban J connectivity index is 0. The summed E-state index contributed by atoms with van der Waals surface area (Å²) in [4.78, 5) is 0. The molecule has 118 valence electrons. The van der Waals surface area contributed by atoms with Crippen LogP contribution in [0, 0.1) is 119 Å². The predicted molar refractivity (Wildman–Crippen MR) is 110 cm³/mol. The van der Waals surface area contributed by atoms with Crippen molar-refractivity contribution in [2.75, 3.05) is 0 Å². The van der Waals surface area contributed by atoms with Gasteiger partial charge in [0.05, 0.1) is 0 Å². The van der Waals surface area contributed by atoms with Gasteiger partial charge in [-0.15, -0.1) is 13.0 Å². The van der Waals surface area contributed by atoms with Crippen molar-refractivity contribution in [3.05, 3.63) is 12.7 Å². The normalized spacial score (nSPS) is 4.50. The molecule has 0 rings (SSSR count). The minimum absolute atomic E-state index is 1.15. The highest BCUT2D eigenvalue weighted by molar-refractivity contribution is 5.46. The first-order valence-electron chi connectivity index (χ1n) is 7.31. The van der Waals surface area contributed by atoms with Crippen molar-refractivity contribution in [1.82, 2.24) is 0 Å². The van der Waals surface area contributed by atoms with Gasteiger partial charge < -0.3 is 0 Å². The molecule has 0 heterocycles. The van der Waals surface area contributed by atoms with E-state index in [0.29, 0.717) is 0 Å². The van der Waals surface area contributed by atoms with Crippen LogP contribution in [0.1, 0.15) is 26.7 Å². The number of rotatable bonds is 2. The molecule has 0 N–H and O–H groups in total. The number of terminal acetylenes is 1.